The summed E-state index contributed by atoms with van der Waals surface area (Å²) in [6, 6.07) is 2.35. The second-order valence-electron chi connectivity index (χ2n) is 3.37. The average Bonchev–Trinajstić information content (AvgIpc) is 2.28. The molecule has 0 fully saturated rings. The van der Waals surface area contributed by atoms with Crippen LogP contribution >= 0.6 is 0 Å². The number of rotatable bonds is 5. The summed E-state index contributed by atoms with van der Waals surface area (Å²) in [5.41, 5.74) is -0.436. The van der Waals surface area contributed by atoms with Crippen LogP contribution in [-0.2, 0) is 14.3 Å². The molecule has 0 heterocycles. The minimum atomic E-state index is -1.15. The van der Waals surface area contributed by atoms with E-state index < -0.39 is 41.2 Å². The van der Waals surface area contributed by atoms with Crippen LogP contribution in [0, 0.1) is 11.6 Å². The van der Waals surface area contributed by atoms with Gasteiger partial charge in [0.1, 0.15) is 11.6 Å². The lowest BCUT2D eigenvalue weighted by Gasteiger charge is -2.02. The molecule has 6 heteroatoms. The first-order chi connectivity index (χ1) is 8.45. The maximum atomic E-state index is 13.2. The highest BCUT2D eigenvalue weighted by Crippen LogP contribution is 2.12. The molecule has 0 bridgehead atoms. The van der Waals surface area contributed by atoms with Gasteiger partial charge in [0.25, 0.3) is 0 Å². The molecule has 0 radical (unpaired) electrons. The highest BCUT2D eigenvalue weighted by Gasteiger charge is 2.21. The van der Waals surface area contributed by atoms with Gasteiger partial charge in [0.05, 0.1) is 18.6 Å². The van der Waals surface area contributed by atoms with E-state index in [-0.39, 0.29) is 6.61 Å². The van der Waals surface area contributed by atoms with Crippen molar-refractivity contribution in [3.63, 3.8) is 0 Å². The van der Waals surface area contributed by atoms with Gasteiger partial charge >= 0.3 is 5.97 Å². The fourth-order valence-corrected chi connectivity index (χ4v) is 1.24. The van der Waals surface area contributed by atoms with Gasteiger partial charge in [-0.3, -0.25) is 9.59 Å². The topological polar surface area (TPSA) is 60.4 Å². The van der Waals surface area contributed by atoms with E-state index in [0.717, 1.165) is 12.1 Å². The Bertz CT molecular complexity index is 497. The predicted molar refractivity (Wildman–Crippen MR) is 56.9 cm³/mol. The zero-order chi connectivity index (χ0) is 13.7. The van der Waals surface area contributed by atoms with Crippen LogP contribution in [0.15, 0.2) is 18.2 Å². The number of carbonyl (C=O) groups is 3. The molecule has 0 spiro atoms. The number of hydrogen-bond donors (Lipinski definition) is 0. The van der Waals surface area contributed by atoms with E-state index in [4.69, 9.17) is 0 Å². The molecule has 0 aliphatic carbocycles. The van der Waals surface area contributed by atoms with Crippen LogP contribution in [0.25, 0.3) is 0 Å². The first-order valence-electron chi connectivity index (χ1n) is 5.14. The van der Waals surface area contributed by atoms with E-state index in [1.807, 2.05) is 0 Å². The molecule has 0 N–H and O–H groups in total. The van der Waals surface area contributed by atoms with Crippen LogP contribution in [0.4, 0.5) is 8.78 Å². The summed E-state index contributed by atoms with van der Waals surface area (Å²) in [6.45, 7) is 1.51. The van der Waals surface area contributed by atoms with E-state index in [0.29, 0.717) is 6.07 Å². The lowest BCUT2D eigenvalue weighted by Crippen LogP contribution is -2.21. The number of carbonyl (C=O) groups excluding carboxylic acids is 3. The Morgan fingerprint density at radius 1 is 1.22 bits per heavy atom. The molecule has 0 atom stereocenters. The zero-order valence-electron chi connectivity index (χ0n) is 9.54. The first-order valence-corrected chi connectivity index (χ1v) is 5.14. The van der Waals surface area contributed by atoms with Crippen molar-refractivity contribution in [1.29, 1.82) is 0 Å². The van der Waals surface area contributed by atoms with Gasteiger partial charge in [-0.1, -0.05) is 0 Å². The van der Waals surface area contributed by atoms with Crippen LogP contribution in [0.1, 0.15) is 23.7 Å². The fraction of sp³-hybridized carbons (Fsp3) is 0.250. The van der Waals surface area contributed by atoms with E-state index in [1.54, 1.807) is 0 Å². The largest absolute Gasteiger partial charge is 0.460 e. The Hall–Kier alpha value is -2.11. The molecular weight excluding hydrogens is 246 g/mol. The molecule has 0 aliphatic heterocycles. The third-order valence-corrected chi connectivity index (χ3v) is 2.06. The van der Waals surface area contributed by atoms with Gasteiger partial charge in [0, 0.05) is 6.07 Å². The number of halogens is 2. The van der Waals surface area contributed by atoms with Gasteiger partial charge in [-0.25, -0.2) is 13.6 Å². The Labute approximate surface area is 102 Å². The van der Waals surface area contributed by atoms with Gasteiger partial charge in [-0.2, -0.15) is 0 Å². The third kappa shape index (κ3) is 3.44. The molecule has 0 aromatic heterocycles. The van der Waals surface area contributed by atoms with Gasteiger partial charge in [-0.05, 0) is 19.1 Å². The molecular formula is C12H10F2O4. The van der Waals surface area contributed by atoms with Crippen molar-refractivity contribution in [2.45, 2.75) is 13.3 Å². The van der Waals surface area contributed by atoms with Gasteiger partial charge in [-0.15, -0.1) is 0 Å². The molecule has 0 saturated heterocycles. The van der Waals surface area contributed by atoms with E-state index in [9.17, 15) is 23.2 Å². The normalized spacial score (nSPS) is 9.94. The van der Waals surface area contributed by atoms with Crippen LogP contribution in [-0.4, -0.2) is 24.1 Å². The first kappa shape index (κ1) is 14.0. The SMILES string of the molecule is CCOC(=O)C(=O)CC(=O)c1ccc(F)cc1F. The average molecular weight is 256 g/mol. The predicted octanol–water partition coefficient (Wildman–Crippen LogP) is 1.67. The van der Waals surface area contributed by atoms with Crippen molar-refractivity contribution in [2.75, 3.05) is 6.61 Å². The highest BCUT2D eigenvalue weighted by molar-refractivity contribution is 6.38. The summed E-state index contributed by atoms with van der Waals surface area (Å²) in [5, 5.41) is 0. The Morgan fingerprint density at radius 3 is 2.44 bits per heavy atom. The summed E-state index contributed by atoms with van der Waals surface area (Å²) < 4.78 is 30.2. The lowest BCUT2D eigenvalue weighted by atomic mass is 10.1. The number of hydrogen-bond acceptors (Lipinski definition) is 4. The molecule has 1 aromatic rings. The summed E-state index contributed by atoms with van der Waals surface area (Å²) in [4.78, 5) is 33.7. The van der Waals surface area contributed by atoms with E-state index >= 15 is 0 Å². The molecule has 18 heavy (non-hydrogen) atoms. The van der Waals surface area contributed by atoms with Crippen LogP contribution < -0.4 is 0 Å². The van der Waals surface area contributed by atoms with E-state index in [2.05, 4.69) is 4.74 Å². The highest BCUT2D eigenvalue weighted by atomic mass is 19.1. The standard InChI is InChI=1S/C12H10F2O4/c1-2-18-12(17)11(16)6-10(15)8-4-3-7(13)5-9(8)14/h3-5H,2,6H2,1H3. The number of benzene rings is 1. The molecule has 0 aliphatic rings. The molecule has 1 aromatic carbocycles. The lowest BCUT2D eigenvalue weighted by molar-refractivity contribution is -0.153. The van der Waals surface area contributed by atoms with Crippen molar-refractivity contribution >= 4 is 17.5 Å². The molecule has 96 valence electrons. The quantitative estimate of drug-likeness (QED) is 0.348. The second-order valence-corrected chi connectivity index (χ2v) is 3.37. The number of ketones is 2. The minimum Gasteiger partial charge on any atom is -0.460 e. The molecule has 0 unspecified atom stereocenters. The van der Waals surface area contributed by atoms with Crippen molar-refractivity contribution in [1.82, 2.24) is 0 Å². The fourth-order valence-electron chi connectivity index (χ4n) is 1.24. The summed E-state index contributed by atoms with van der Waals surface area (Å²) in [6.07, 6.45) is -0.804. The van der Waals surface area contributed by atoms with Crippen LogP contribution in [0.2, 0.25) is 0 Å². The third-order valence-electron chi connectivity index (χ3n) is 2.06. The number of Topliss-reactive ketones (excluding diaryl/α,β-unsaturated/α-hetero) is 2. The Balaban J connectivity index is 2.77. The summed E-state index contributed by atoms with van der Waals surface area (Å²) in [5.74, 6) is -5.01. The molecule has 0 amide bonds. The van der Waals surface area contributed by atoms with Crippen molar-refractivity contribution in [3.05, 3.63) is 35.4 Å². The summed E-state index contributed by atoms with van der Waals surface area (Å²) >= 11 is 0. The second kappa shape index (κ2) is 6.00. The molecule has 0 saturated carbocycles. The minimum absolute atomic E-state index is 0.00364. The summed E-state index contributed by atoms with van der Waals surface area (Å²) in [7, 11) is 0. The zero-order valence-corrected chi connectivity index (χ0v) is 9.54. The van der Waals surface area contributed by atoms with Crippen molar-refractivity contribution in [3.8, 4) is 0 Å². The Kier molecular flexibility index (Phi) is 4.65. The van der Waals surface area contributed by atoms with Crippen molar-refractivity contribution < 1.29 is 27.9 Å². The Morgan fingerprint density at radius 2 is 1.89 bits per heavy atom. The smallest absolute Gasteiger partial charge is 0.375 e. The molecule has 1 rings (SSSR count). The van der Waals surface area contributed by atoms with Gasteiger partial charge in [0.2, 0.25) is 5.78 Å². The van der Waals surface area contributed by atoms with Crippen LogP contribution in [0.5, 0.6) is 0 Å². The van der Waals surface area contributed by atoms with Crippen molar-refractivity contribution in [2.24, 2.45) is 0 Å². The maximum Gasteiger partial charge on any atom is 0.375 e. The monoisotopic (exact) mass is 256 g/mol. The number of esters is 1. The van der Waals surface area contributed by atoms with Gasteiger partial charge < -0.3 is 4.74 Å². The maximum absolute atomic E-state index is 13.2. The van der Waals surface area contributed by atoms with Crippen LogP contribution in [0.3, 0.4) is 0 Å². The van der Waals surface area contributed by atoms with E-state index in [1.165, 1.54) is 6.92 Å². The molecule has 4 nitrogen and oxygen atoms in total. The number of ether oxygens (including phenoxy) is 1. The van der Waals surface area contributed by atoms with Gasteiger partial charge in [0.15, 0.2) is 5.78 Å².